The lowest BCUT2D eigenvalue weighted by molar-refractivity contribution is -0.121. The maximum Gasteiger partial charge on any atom is 0.410 e. The Balaban J connectivity index is 1.37. The zero-order valence-corrected chi connectivity index (χ0v) is 31.5. The summed E-state index contributed by atoms with van der Waals surface area (Å²) in [5.74, 6) is 0.764. The van der Waals surface area contributed by atoms with Gasteiger partial charge in [-0.3, -0.25) is 14.7 Å². The summed E-state index contributed by atoms with van der Waals surface area (Å²) in [6.45, 7) is 16.8. The Hall–Kier alpha value is -3.33. The number of pyridine rings is 1. The van der Waals surface area contributed by atoms with Gasteiger partial charge < -0.3 is 43.3 Å². The molecule has 2 atom stereocenters. The number of benzene rings is 1. The summed E-state index contributed by atoms with van der Waals surface area (Å²) in [4.78, 5) is 37.7. The van der Waals surface area contributed by atoms with Crippen LogP contribution in [-0.4, -0.2) is 142 Å². The molecule has 1 aromatic carbocycles. The van der Waals surface area contributed by atoms with Crippen LogP contribution < -0.4 is 9.64 Å². The van der Waals surface area contributed by atoms with Crippen LogP contribution >= 0.6 is 0 Å². The molecular formula is C38H58N4O9. The minimum absolute atomic E-state index is 0.00426. The topological polar surface area (TPSA) is 132 Å². The highest BCUT2D eigenvalue weighted by Gasteiger charge is 2.42. The van der Waals surface area contributed by atoms with E-state index in [1.807, 2.05) is 63.1 Å². The van der Waals surface area contributed by atoms with Crippen molar-refractivity contribution in [2.75, 3.05) is 97.7 Å². The lowest BCUT2D eigenvalue weighted by Gasteiger charge is -2.45. The largest absolute Gasteiger partial charge is 0.491 e. The Morgan fingerprint density at radius 1 is 0.980 bits per heavy atom. The molecule has 3 heterocycles. The average molecular weight is 715 g/mol. The third-order valence-electron chi connectivity index (χ3n) is 8.82. The fourth-order valence-corrected chi connectivity index (χ4v) is 6.41. The van der Waals surface area contributed by atoms with E-state index in [4.69, 9.17) is 38.5 Å². The van der Waals surface area contributed by atoms with Gasteiger partial charge in [-0.25, -0.2) is 4.79 Å². The van der Waals surface area contributed by atoms with Gasteiger partial charge in [-0.05, 0) is 51.0 Å². The van der Waals surface area contributed by atoms with Crippen molar-refractivity contribution < 1.29 is 43.1 Å². The monoisotopic (exact) mass is 714 g/mol. The lowest BCUT2D eigenvalue weighted by Crippen LogP contribution is -2.62. The van der Waals surface area contributed by atoms with Gasteiger partial charge in [0.2, 0.25) is 5.91 Å². The number of aromatic nitrogens is 1. The van der Waals surface area contributed by atoms with E-state index < -0.39 is 5.60 Å². The first kappa shape index (κ1) is 40.4. The van der Waals surface area contributed by atoms with Crippen LogP contribution in [-0.2, 0) is 40.3 Å². The van der Waals surface area contributed by atoms with E-state index in [1.165, 1.54) is 0 Å². The summed E-state index contributed by atoms with van der Waals surface area (Å²) in [6.07, 6.45) is 2.14. The second-order valence-electron chi connectivity index (χ2n) is 14.8. The second-order valence-corrected chi connectivity index (χ2v) is 14.8. The first-order valence-corrected chi connectivity index (χ1v) is 17.9. The number of nitrogens with zero attached hydrogens (tertiary/aromatic N) is 4. The fourth-order valence-electron chi connectivity index (χ4n) is 6.41. The SMILES string of the molecule is COC[C@H]1CN(C(=O)OC(C)(C)C)[C@H](C)CN1CC(=O)N1CC(C)(C)c2ncc(Cc3ccccc3OCCOCCOCCOCCO)cc21. The number of piperazine rings is 1. The fraction of sp³-hybridized carbons (Fsp3) is 0.658. The molecule has 0 spiro atoms. The third kappa shape index (κ3) is 11.8. The molecule has 51 heavy (non-hydrogen) atoms. The maximum atomic E-state index is 14.1. The molecule has 13 nitrogen and oxygen atoms in total. The highest BCUT2D eigenvalue weighted by atomic mass is 16.6. The summed E-state index contributed by atoms with van der Waals surface area (Å²) in [5, 5.41) is 8.72. The van der Waals surface area contributed by atoms with Crippen molar-refractivity contribution in [2.45, 2.75) is 71.1 Å². The van der Waals surface area contributed by atoms with Gasteiger partial charge in [0.05, 0.1) is 76.8 Å². The quantitative estimate of drug-likeness (QED) is 0.227. The van der Waals surface area contributed by atoms with Gasteiger partial charge in [0, 0.05) is 50.8 Å². The number of aliphatic hydroxyl groups is 1. The number of hydrogen-bond donors (Lipinski definition) is 1. The van der Waals surface area contributed by atoms with Gasteiger partial charge in [0.25, 0.3) is 0 Å². The molecule has 1 fully saturated rings. The lowest BCUT2D eigenvalue weighted by atomic mass is 9.91. The van der Waals surface area contributed by atoms with E-state index >= 15 is 0 Å². The summed E-state index contributed by atoms with van der Waals surface area (Å²) in [6, 6.07) is 9.72. The minimum atomic E-state index is -0.595. The molecule has 0 unspecified atom stereocenters. The number of aliphatic hydroxyl groups excluding tert-OH is 1. The molecule has 1 aromatic heterocycles. The summed E-state index contributed by atoms with van der Waals surface area (Å²) in [5.41, 5.74) is 2.83. The highest BCUT2D eigenvalue weighted by molar-refractivity contribution is 5.97. The number of rotatable bonds is 18. The van der Waals surface area contributed by atoms with Crippen LogP contribution in [0.25, 0.3) is 0 Å². The predicted octanol–water partition coefficient (Wildman–Crippen LogP) is 3.67. The average Bonchev–Trinajstić information content (AvgIpc) is 3.34. The Morgan fingerprint density at radius 2 is 1.65 bits per heavy atom. The molecule has 0 radical (unpaired) electrons. The van der Waals surface area contributed by atoms with Crippen LogP contribution in [0.5, 0.6) is 5.75 Å². The van der Waals surface area contributed by atoms with Gasteiger partial charge in [0.1, 0.15) is 18.0 Å². The van der Waals surface area contributed by atoms with Crippen LogP contribution in [0.2, 0.25) is 0 Å². The Bertz CT molecular complexity index is 1420. The van der Waals surface area contributed by atoms with Gasteiger partial charge >= 0.3 is 6.09 Å². The number of para-hydroxylation sites is 1. The second kappa shape index (κ2) is 19.0. The molecule has 284 valence electrons. The van der Waals surface area contributed by atoms with Crippen molar-refractivity contribution in [2.24, 2.45) is 0 Å². The number of amides is 2. The number of ether oxygens (including phenoxy) is 6. The van der Waals surface area contributed by atoms with Gasteiger partial charge in [-0.2, -0.15) is 0 Å². The number of methoxy groups -OCH3 is 1. The first-order chi connectivity index (χ1) is 24.3. The van der Waals surface area contributed by atoms with Crippen molar-refractivity contribution in [3.63, 3.8) is 0 Å². The van der Waals surface area contributed by atoms with Crippen LogP contribution in [0.1, 0.15) is 58.4 Å². The molecule has 4 rings (SSSR count). The number of anilines is 1. The normalized spacial score (nSPS) is 18.9. The smallest absolute Gasteiger partial charge is 0.410 e. The number of carbonyl (C=O) groups excluding carboxylic acids is 2. The Morgan fingerprint density at radius 3 is 2.31 bits per heavy atom. The van der Waals surface area contributed by atoms with Gasteiger partial charge in [-0.15, -0.1) is 0 Å². The zero-order chi connectivity index (χ0) is 37.0. The summed E-state index contributed by atoms with van der Waals surface area (Å²) in [7, 11) is 1.64. The van der Waals surface area contributed by atoms with Crippen molar-refractivity contribution in [1.82, 2.24) is 14.8 Å². The molecule has 0 aliphatic carbocycles. The molecule has 0 bridgehead atoms. The van der Waals surface area contributed by atoms with Crippen molar-refractivity contribution in [1.29, 1.82) is 0 Å². The van der Waals surface area contributed by atoms with Gasteiger partial charge in [-0.1, -0.05) is 32.0 Å². The van der Waals surface area contributed by atoms with Gasteiger partial charge in [0.15, 0.2) is 0 Å². The van der Waals surface area contributed by atoms with Crippen LogP contribution in [0.3, 0.4) is 0 Å². The van der Waals surface area contributed by atoms with E-state index in [-0.39, 0.29) is 42.7 Å². The maximum absolute atomic E-state index is 14.1. The Kier molecular flexibility index (Phi) is 15.0. The molecule has 1 saturated heterocycles. The summed E-state index contributed by atoms with van der Waals surface area (Å²) >= 11 is 0. The molecular weight excluding hydrogens is 656 g/mol. The number of hydrogen-bond acceptors (Lipinski definition) is 11. The molecule has 0 saturated carbocycles. The van der Waals surface area contributed by atoms with E-state index in [0.717, 1.165) is 28.3 Å². The van der Waals surface area contributed by atoms with E-state index in [9.17, 15) is 9.59 Å². The molecule has 2 amide bonds. The van der Waals surface area contributed by atoms with Crippen molar-refractivity contribution in [3.05, 3.63) is 53.3 Å². The van der Waals surface area contributed by atoms with E-state index in [1.54, 1.807) is 12.0 Å². The summed E-state index contributed by atoms with van der Waals surface area (Å²) < 4.78 is 33.6. The predicted molar refractivity (Wildman–Crippen MR) is 194 cm³/mol. The first-order valence-electron chi connectivity index (χ1n) is 17.9. The highest BCUT2D eigenvalue weighted by Crippen LogP contribution is 2.40. The molecule has 2 aromatic rings. The third-order valence-corrected chi connectivity index (χ3v) is 8.82. The number of carbonyl (C=O) groups is 2. The molecule has 2 aliphatic rings. The van der Waals surface area contributed by atoms with Crippen LogP contribution in [0, 0.1) is 0 Å². The van der Waals surface area contributed by atoms with E-state index in [0.29, 0.717) is 78.9 Å². The Labute approximate surface area is 303 Å². The van der Waals surface area contributed by atoms with Crippen LogP contribution in [0.4, 0.5) is 10.5 Å². The molecule has 13 heteroatoms. The van der Waals surface area contributed by atoms with E-state index in [2.05, 4.69) is 24.8 Å². The standard InChI is InChI=1S/C38H58N4O9/c1-28-23-40(31(26-46-7)24-41(28)36(45)51-37(2,3)4)25-34(44)42-27-38(5,6)35-32(42)21-29(22-39-35)20-30-10-8-9-11-33(30)50-19-18-49-17-16-48-15-14-47-13-12-43/h8-11,21-22,28,31,43H,12-20,23-27H2,1-7H3/t28-,31-/m1/s1. The molecule has 1 N–H and O–H groups in total. The molecule has 2 aliphatic heterocycles. The van der Waals surface area contributed by atoms with Crippen molar-refractivity contribution in [3.8, 4) is 5.75 Å². The number of fused-ring (bicyclic) bond motifs is 1. The van der Waals surface area contributed by atoms with Crippen molar-refractivity contribution >= 4 is 17.7 Å². The minimum Gasteiger partial charge on any atom is -0.491 e. The van der Waals surface area contributed by atoms with Crippen LogP contribution in [0.15, 0.2) is 36.5 Å². The zero-order valence-electron chi connectivity index (χ0n) is 31.5.